The molecule has 0 aliphatic carbocycles. The van der Waals surface area contributed by atoms with Gasteiger partial charge in [0, 0.05) is 44.1 Å². The number of ether oxygens (including phenoxy) is 3. The number of esters is 3. The molecule has 0 aromatic rings. The van der Waals surface area contributed by atoms with Gasteiger partial charge in [0.15, 0.2) is 0 Å². The lowest BCUT2D eigenvalue weighted by Gasteiger charge is -2.33. The molecule has 0 heterocycles. The number of hydrogen-bond acceptors (Lipinski definition) is 9. The molecule has 0 saturated heterocycles. The average molecular weight is 416 g/mol. The van der Waals surface area contributed by atoms with E-state index >= 15 is 0 Å². The molecule has 0 radical (unpaired) electrons. The molecule has 0 aromatic heterocycles. The third kappa shape index (κ3) is 7.39. The molecule has 9 nitrogen and oxygen atoms in total. The third-order valence-electron chi connectivity index (χ3n) is 3.46. The van der Waals surface area contributed by atoms with Gasteiger partial charge in [-0.3, -0.25) is 0 Å². The highest BCUT2D eigenvalue weighted by molar-refractivity contribution is 6.60. The Morgan fingerprint density at radius 1 is 0.714 bits per heavy atom. The Bertz CT molecular complexity index is 572. The summed E-state index contributed by atoms with van der Waals surface area (Å²) in [5, 5.41) is 0. The Hall–Kier alpha value is -2.27. The molecule has 10 heteroatoms. The van der Waals surface area contributed by atoms with Crippen molar-refractivity contribution in [3.63, 3.8) is 0 Å². The lowest BCUT2D eigenvalue weighted by Crippen LogP contribution is -2.49. The van der Waals surface area contributed by atoms with Crippen molar-refractivity contribution in [1.82, 2.24) is 0 Å². The Morgan fingerprint density at radius 3 is 1.21 bits per heavy atom. The first kappa shape index (κ1) is 25.7. The Morgan fingerprint density at radius 2 is 1.00 bits per heavy atom. The smallest absolute Gasteiger partial charge is 0.385 e. The molecule has 0 N–H and O–H groups in total. The fourth-order valence-corrected chi connectivity index (χ4v) is 3.49. The van der Waals surface area contributed by atoms with Crippen molar-refractivity contribution in [2.75, 3.05) is 21.3 Å². The first-order valence-electron chi connectivity index (χ1n) is 8.19. The number of carbonyl (C=O) groups excluding carboxylic acids is 3. The first-order chi connectivity index (χ1) is 12.9. The van der Waals surface area contributed by atoms with Gasteiger partial charge in [-0.15, -0.1) is 0 Å². The molecule has 28 heavy (non-hydrogen) atoms. The summed E-state index contributed by atoms with van der Waals surface area (Å²) in [6, 6.07) is -0.0209. The second-order valence-electron chi connectivity index (χ2n) is 5.99. The van der Waals surface area contributed by atoms with Gasteiger partial charge in [-0.05, 0) is 20.8 Å². The van der Waals surface area contributed by atoms with E-state index in [-0.39, 0.29) is 29.2 Å². The van der Waals surface area contributed by atoms with Gasteiger partial charge in [-0.2, -0.15) is 0 Å². The summed E-state index contributed by atoms with van der Waals surface area (Å²) in [7, 11) is 0.924. The van der Waals surface area contributed by atoms with Crippen molar-refractivity contribution in [2.45, 2.75) is 39.2 Å². The molecule has 0 bridgehead atoms. The zero-order valence-corrected chi connectivity index (χ0v) is 18.2. The van der Waals surface area contributed by atoms with Crippen LogP contribution in [0.2, 0.25) is 6.04 Å². The molecular weight excluding hydrogens is 388 g/mol. The molecule has 0 rings (SSSR count). The molecular formula is C18H28O9Si. The zero-order chi connectivity index (χ0) is 22.1. The molecule has 158 valence electrons. The van der Waals surface area contributed by atoms with E-state index < -0.39 is 32.7 Å². The molecule has 0 amide bonds. The van der Waals surface area contributed by atoms with Crippen LogP contribution in [-0.2, 0) is 41.9 Å². The standard InChI is InChI=1S/C18H28O9Si/c1-12(2)15(19)25-18(26-16(20)13(3)4,27-17(21)14(5)6)10-11-28(22-7,23-8)24-9/h1,3,5,10-11H2,2,4,6-9H3. The van der Waals surface area contributed by atoms with Gasteiger partial charge in [-0.25, -0.2) is 14.4 Å². The summed E-state index contributed by atoms with van der Waals surface area (Å²) in [6.07, 6.45) is -0.328. The van der Waals surface area contributed by atoms with Crippen molar-refractivity contribution in [3.8, 4) is 0 Å². The summed E-state index contributed by atoms with van der Waals surface area (Å²) in [4.78, 5) is 36.5. The topological polar surface area (TPSA) is 107 Å². The largest absolute Gasteiger partial charge is 0.500 e. The molecule has 0 aliphatic heterocycles. The van der Waals surface area contributed by atoms with Crippen LogP contribution in [0.5, 0.6) is 0 Å². The van der Waals surface area contributed by atoms with E-state index in [4.69, 9.17) is 27.5 Å². The van der Waals surface area contributed by atoms with Crippen LogP contribution in [0, 0.1) is 0 Å². The van der Waals surface area contributed by atoms with Crippen molar-refractivity contribution < 1.29 is 41.9 Å². The third-order valence-corrected chi connectivity index (χ3v) is 6.19. The van der Waals surface area contributed by atoms with E-state index in [1.165, 1.54) is 42.1 Å². The highest BCUT2D eigenvalue weighted by Crippen LogP contribution is 2.30. The lowest BCUT2D eigenvalue weighted by molar-refractivity contribution is -0.327. The van der Waals surface area contributed by atoms with Gasteiger partial charge in [0.2, 0.25) is 0 Å². The predicted molar refractivity (Wildman–Crippen MR) is 102 cm³/mol. The van der Waals surface area contributed by atoms with Crippen LogP contribution < -0.4 is 0 Å². The van der Waals surface area contributed by atoms with E-state index in [2.05, 4.69) is 19.7 Å². The van der Waals surface area contributed by atoms with Crippen molar-refractivity contribution in [2.24, 2.45) is 0 Å². The van der Waals surface area contributed by atoms with Gasteiger partial charge in [0.1, 0.15) is 0 Å². The molecule has 0 saturated carbocycles. The minimum Gasteiger partial charge on any atom is -0.385 e. The highest BCUT2D eigenvalue weighted by Gasteiger charge is 2.49. The average Bonchev–Trinajstić information content (AvgIpc) is 2.62. The monoisotopic (exact) mass is 416 g/mol. The molecule has 0 fully saturated rings. The molecule has 0 unspecified atom stereocenters. The van der Waals surface area contributed by atoms with E-state index in [0.29, 0.717) is 0 Å². The van der Waals surface area contributed by atoms with Crippen LogP contribution in [0.15, 0.2) is 36.5 Å². The fourth-order valence-electron chi connectivity index (χ4n) is 1.76. The second-order valence-corrected chi connectivity index (χ2v) is 9.08. The van der Waals surface area contributed by atoms with Crippen LogP contribution in [0.1, 0.15) is 27.2 Å². The summed E-state index contributed by atoms with van der Waals surface area (Å²) < 4.78 is 31.6. The van der Waals surface area contributed by atoms with Crippen molar-refractivity contribution in [3.05, 3.63) is 36.5 Å². The number of rotatable bonds is 12. The Balaban J connectivity index is 6.10. The first-order valence-corrected chi connectivity index (χ1v) is 10.1. The number of hydrogen-bond donors (Lipinski definition) is 0. The van der Waals surface area contributed by atoms with Crippen LogP contribution >= 0.6 is 0 Å². The maximum absolute atomic E-state index is 12.2. The van der Waals surface area contributed by atoms with Gasteiger partial charge in [-0.1, -0.05) is 19.7 Å². The van der Waals surface area contributed by atoms with Crippen LogP contribution in [-0.4, -0.2) is 54.0 Å². The van der Waals surface area contributed by atoms with Crippen molar-refractivity contribution >= 4 is 26.7 Å². The summed E-state index contributed by atoms with van der Waals surface area (Å²) in [6.45, 7) is 14.6. The second kappa shape index (κ2) is 10.9. The van der Waals surface area contributed by atoms with Gasteiger partial charge in [0.25, 0.3) is 0 Å². The Labute approximate surface area is 166 Å². The minimum absolute atomic E-state index is 0.00384. The van der Waals surface area contributed by atoms with Gasteiger partial charge < -0.3 is 27.5 Å². The van der Waals surface area contributed by atoms with Gasteiger partial charge >= 0.3 is 32.7 Å². The SMILES string of the molecule is C=C(C)C(=O)OC(CC[Si](OC)(OC)OC)(OC(=O)C(=C)C)OC(=O)C(=C)C. The normalized spacial score (nSPS) is 11.4. The maximum atomic E-state index is 12.2. The van der Waals surface area contributed by atoms with E-state index in [9.17, 15) is 14.4 Å². The van der Waals surface area contributed by atoms with E-state index in [1.54, 1.807) is 0 Å². The summed E-state index contributed by atoms with van der Waals surface area (Å²) >= 11 is 0. The Kier molecular flexibility index (Phi) is 10.0. The summed E-state index contributed by atoms with van der Waals surface area (Å²) in [5.74, 6) is -5.24. The fraction of sp³-hybridized carbons (Fsp3) is 0.500. The number of carbonyl (C=O) groups is 3. The highest BCUT2D eigenvalue weighted by atomic mass is 28.4. The molecule has 0 aliphatic rings. The maximum Gasteiger partial charge on any atom is 0.500 e. The quantitative estimate of drug-likeness (QED) is 0.205. The van der Waals surface area contributed by atoms with Crippen LogP contribution in [0.4, 0.5) is 0 Å². The minimum atomic E-state index is -3.20. The molecule has 0 spiro atoms. The van der Waals surface area contributed by atoms with E-state index in [1.807, 2.05) is 0 Å². The van der Waals surface area contributed by atoms with Crippen LogP contribution in [0.25, 0.3) is 0 Å². The zero-order valence-electron chi connectivity index (χ0n) is 17.2. The molecule has 0 aromatic carbocycles. The van der Waals surface area contributed by atoms with E-state index in [0.717, 1.165) is 0 Å². The van der Waals surface area contributed by atoms with Gasteiger partial charge in [0.05, 0.1) is 6.42 Å². The summed E-state index contributed by atoms with van der Waals surface area (Å²) in [5.41, 5.74) is -0.0115. The van der Waals surface area contributed by atoms with Crippen LogP contribution in [0.3, 0.4) is 0 Å². The lowest BCUT2D eigenvalue weighted by atomic mass is 10.3. The predicted octanol–water partition coefficient (Wildman–Crippen LogP) is 2.27. The molecule has 0 atom stereocenters. The van der Waals surface area contributed by atoms with Crippen molar-refractivity contribution in [1.29, 1.82) is 0 Å².